The smallest absolute Gasteiger partial charge is 0.192 e. The minimum Gasteiger partial charge on any atom is -0.414 e. The zero-order chi connectivity index (χ0) is 19.9. The van der Waals surface area contributed by atoms with Crippen molar-refractivity contribution in [1.29, 1.82) is 0 Å². The molecule has 0 aromatic carbocycles. The van der Waals surface area contributed by atoms with Crippen LogP contribution in [0.5, 0.6) is 0 Å². The Labute approximate surface area is 157 Å². The molecule has 0 spiro atoms. The second kappa shape index (κ2) is 9.39. The number of aliphatic hydroxyl groups excluding tert-OH is 1. The van der Waals surface area contributed by atoms with Crippen molar-refractivity contribution < 1.29 is 14.6 Å². The Bertz CT molecular complexity index is 508. The normalized spacial score (nSPS) is 16.4. The van der Waals surface area contributed by atoms with E-state index in [4.69, 9.17) is 10.8 Å². The molecule has 0 radical (unpaired) electrons. The van der Waals surface area contributed by atoms with Crippen LogP contribution < -0.4 is 0 Å². The average Bonchev–Trinajstić information content (AvgIpc) is 2.55. The van der Waals surface area contributed by atoms with E-state index in [1.54, 1.807) is 0 Å². The summed E-state index contributed by atoms with van der Waals surface area (Å²) in [5.41, 5.74) is 1.75. The molecule has 0 aliphatic rings. The van der Waals surface area contributed by atoms with Gasteiger partial charge < -0.3 is 14.6 Å². The van der Waals surface area contributed by atoms with Gasteiger partial charge in [-0.1, -0.05) is 47.5 Å². The lowest BCUT2D eigenvalue weighted by molar-refractivity contribution is -0.0513. The fourth-order valence-electron chi connectivity index (χ4n) is 2.29. The summed E-state index contributed by atoms with van der Waals surface area (Å²) in [5, 5.41) is 21.1. The van der Waals surface area contributed by atoms with Gasteiger partial charge in [0.25, 0.3) is 0 Å². The molecule has 0 saturated heterocycles. The van der Waals surface area contributed by atoms with Gasteiger partial charge in [0.2, 0.25) is 0 Å². The van der Waals surface area contributed by atoms with Gasteiger partial charge in [-0.3, -0.25) is 0 Å². The molecule has 5 heteroatoms. The topological polar surface area (TPSA) is 49.7 Å². The number of terminal acetylenes is 1. The molecule has 0 amide bonds. The second-order valence-electron chi connectivity index (χ2n) is 8.48. The third-order valence-electron chi connectivity index (χ3n) is 5.95. The van der Waals surface area contributed by atoms with Gasteiger partial charge in [0.15, 0.2) is 13.9 Å². The van der Waals surface area contributed by atoms with Crippen molar-refractivity contribution >= 4 is 16.4 Å². The average molecular weight is 383 g/mol. The molecular weight excluding hydrogens is 344 g/mol. The lowest BCUT2D eigenvalue weighted by atomic mass is 9.95. The van der Waals surface area contributed by atoms with Gasteiger partial charge in [0.05, 0.1) is 13.0 Å². The van der Waals surface area contributed by atoms with Crippen LogP contribution in [0.4, 0.5) is 0 Å². The third kappa shape index (κ3) is 6.58. The number of aliphatic hydroxyl groups is 2. The minimum absolute atomic E-state index is 0.0371. The van der Waals surface area contributed by atoms with Crippen LogP contribution in [0, 0.1) is 23.8 Å². The Hall–Kier alpha value is -0.566. The first-order valence-electron chi connectivity index (χ1n) is 9.35. The van der Waals surface area contributed by atoms with Crippen molar-refractivity contribution in [2.75, 3.05) is 6.61 Å². The molecule has 2 N–H and O–H groups in total. The van der Waals surface area contributed by atoms with E-state index >= 15 is 0 Å². The highest BCUT2D eigenvalue weighted by atomic mass is 28.4. The highest BCUT2D eigenvalue weighted by molar-refractivity contribution is 6.87. The molecule has 0 aromatic rings. The van der Waals surface area contributed by atoms with Crippen LogP contribution in [0.3, 0.4) is 0 Å². The molecule has 0 rings (SSSR count). The summed E-state index contributed by atoms with van der Waals surface area (Å²) >= 11 is 0. The van der Waals surface area contributed by atoms with Crippen molar-refractivity contribution in [3.63, 3.8) is 0 Å². The summed E-state index contributed by atoms with van der Waals surface area (Å²) in [5.74, 6) is 5.44. The van der Waals surface area contributed by atoms with E-state index < -0.39 is 28.1 Å². The molecule has 0 aliphatic carbocycles. The van der Waals surface area contributed by atoms with E-state index in [-0.39, 0.29) is 18.1 Å². The zero-order valence-electron chi connectivity index (χ0n) is 17.5. The van der Waals surface area contributed by atoms with Crippen LogP contribution >= 0.6 is 0 Å². The van der Waals surface area contributed by atoms with Crippen LogP contribution in [0.25, 0.3) is 0 Å². The molecule has 25 heavy (non-hydrogen) atoms. The Morgan fingerprint density at radius 3 is 1.92 bits per heavy atom. The molecule has 0 unspecified atom stereocenters. The standard InChI is InChI=1S/C20H38O3Si2/c1-10-20(22,15-14-16-25(11-2,12-3)13-4)18(21)17-23-24(8,9)19(5,6)7/h1,18,21-22H,11-13,15,17H2,2-9H3/t18-,20-/m1/s1. The molecule has 0 aliphatic heterocycles. The highest BCUT2D eigenvalue weighted by Gasteiger charge is 2.40. The summed E-state index contributed by atoms with van der Waals surface area (Å²) in [6.45, 7) is 17.2. The van der Waals surface area contributed by atoms with Crippen molar-refractivity contribution in [3.8, 4) is 23.8 Å². The first-order valence-corrected chi connectivity index (χ1v) is 14.9. The first-order chi connectivity index (χ1) is 11.3. The van der Waals surface area contributed by atoms with Crippen molar-refractivity contribution in [1.82, 2.24) is 0 Å². The van der Waals surface area contributed by atoms with E-state index in [9.17, 15) is 10.2 Å². The maximum absolute atomic E-state index is 10.7. The first kappa shape index (κ1) is 24.4. The summed E-state index contributed by atoms with van der Waals surface area (Å²) in [6.07, 6.45) is 4.47. The SMILES string of the molecule is C#C[C@@](O)(CC#C[Si](CC)(CC)CC)[C@H](O)CO[Si](C)(C)C(C)(C)C. The zero-order valence-corrected chi connectivity index (χ0v) is 19.5. The molecule has 0 aromatic heterocycles. The summed E-state index contributed by atoms with van der Waals surface area (Å²) < 4.78 is 6.01. The maximum atomic E-state index is 10.7. The fraction of sp³-hybridized carbons (Fsp3) is 0.800. The highest BCUT2D eigenvalue weighted by Crippen LogP contribution is 2.36. The molecular formula is C20H38O3Si2. The van der Waals surface area contributed by atoms with Crippen LogP contribution in [-0.2, 0) is 4.43 Å². The Morgan fingerprint density at radius 2 is 1.56 bits per heavy atom. The predicted molar refractivity (Wildman–Crippen MR) is 113 cm³/mol. The molecule has 0 saturated carbocycles. The van der Waals surface area contributed by atoms with E-state index in [2.05, 4.69) is 72.0 Å². The Balaban J connectivity index is 5.10. The fourth-order valence-corrected chi connectivity index (χ4v) is 5.79. The van der Waals surface area contributed by atoms with Crippen LogP contribution in [-0.4, -0.2) is 44.9 Å². The minimum atomic E-state index is -2.01. The molecule has 2 atom stereocenters. The number of hydrogen-bond donors (Lipinski definition) is 2. The quantitative estimate of drug-likeness (QED) is 0.489. The van der Waals surface area contributed by atoms with Gasteiger partial charge in [-0.2, -0.15) is 0 Å². The van der Waals surface area contributed by atoms with Gasteiger partial charge in [0, 0.05) is 0 Å². The summed E-state index contributed by atoms with van der Waals surface area (Å²) in [7, 11) is -3.59. The summed E-state index contributed by atoms with van der Waals surface area (Å²) in [4.78, 5) is 0. The number of rotatable bonds is 8. The van der Waals surface area contributed by atoms with Crippen molar-refractivity contribution in [2.24, 2.45) is 0 Å². The van der Waals surface area contributed by atoms with E-state index in [1.807, 2.05) is 0 Å². The second-order valence-corrected chi connectivity index (χ2v) is 18.2. The molecule has 0 fully saturated rings. The summed E-state index contributed by atoms with van der Waals surface area (Å²) in [6, 6.07) is 3.29. The Kier molecular flexibility index (Phi) is 9.18. The van der Waals surface area contributed by atoms with E-state index in [0.717, 1.165) is 18.1 Å². The van der Waals surface area contributed by atoms with Crippen molar-refractivity contribution in [2.45, 2.75) is 95.9 Å². The lowest BCUT2D eigenvalue weighted by Gasteiger charge is -2.38. The monoisotopic (exact) mass is 382 g/mol. The maximum Gasteiger partial charge on any atom is 0.192 e. The van der Waals surface area contributed by atoms with Crippen molar-refractivity contribution in [3.05, 3.63) is 0 Å². The third-order valence-corrected chi connectivity index (χ3v) is 15.2. The van der Waals surface area contributed by atoms with E-state index in [1.165, 1.54) is 0 Å². The lowest BCUT2D eigenvalue weighted by Crippen LogP contribution is -2.48. The number of hydrogen-bond acceptors (Lipinski definition) is 3. The largest absolute Gasteiger partial charge is 0.414 e. The Morgan fingerprint density at radius 1 is 1.08 bits per heavy atom. The van der Waals surface area contributed by atoms with Gasteiger partial charge in [-0.15, -0.1) is 17.9 Å². The van der Waals surface area contributed by atoms with Crippen LogP contribution in [0.1, 0.15) is 48.0 Å². The van der Waals surface area contributed by atoms with Crippen LogP contribution in [0.2, 0.25) is 36.3 Å². The predicted octanol–water partition coefficient (Wildman–Crippen LogP) is 4.17. The molecule has 0 heterocycles. The molecule has 0 bridgehead atoms. The molecule has 144 valence electrons. The van der Waals surface area contributed by atoms with Gasteiger partial charge in [-0.05, 0) is 36.3 Å². The van der Waals surface area contributed by atoms with Gasteiger partial charge in [0.1, 0.15) is 14.2 Å². The van der Waals surface area contributed by atoms with Crippen LogP contribution in [0.15, 0.2) is 0 Å². The molecule has 3 nitrogen and oxygen atoms in total. The van der Waals surface area contributed by atoms with Gasteiger partial charge >= 0.3 is 0 Å². The van der Waals surface area contributed by atoms with Gasteiger partial charge in [-0.25, -0.2) is 0 Å². The van der Waals surface area contributed by atoms with E-state index in [0.29, 0.717) is 0 Å².